The van der Waals surface area contributed by atoms with E-state index in [1.54, 1.807) is 31.2 Å². The van der Waals surface area contributed by atoms with Crippen LogP contribution in [0.15, 0.2) is 39.5 Å². The maximum Gasteiger partial charge on any atom is 0.340 e. The van der Waals surface area contributed by atoms with Gasteiger partial charge in [-0.2, -0.15) is 0 Å². The van der Waals surface area contributed by atoms with Crippen molar-refractivity contribution in [3.63, 3.8) is 0 Å². The summed E-state index contributed by atoms with van der Waals surface area (Å²) in [6, 6.07) is 8.25. The number of hydrogen-bond donors (Lipinski definition) is 0. The molecule has 0 bridgehead atoms. The number of ether oxygens (including phenoxy) is 2. The van der Waals surface area contributed by atoms with E-state index in [9.17, 15) is 9.59 Å². The van der Waals surface area contributed by atoms with Crippen LogP contribution in [0.4, 0.5) is 0 Å². The van der Waals surface area contributed by atoms with Crippen LogP contribution in [0.5, 0.6) is 5.75 Å². The Balaban J connectivity index is 1.95. The lowest BCUT2D eigenvalue weighted by Crippen LogP contribution is -2.16. The van der Waals surface area contributed by atoms with Gasteiger partial charge in [-0.05, 0) is 30.7 Å². The molecule has 0 saturated carbocycles. The maximum atomic E-state index is 12.3. The van der Waals surface area contributed by atoms with Gasteiger partial charge < -0.3 is 13.9 Å². The van der Waals surface area contributed by atoms with Crippen LogP contribution in [-0.2, 0) is 22.6 Å². The summed E-state index contributed by atoms with van der Waals surface area (Å²) in [4.78, 5) is 23.8. The molecule has 8 heteroatoms. The summed E-state index contributed by atoms with van der Waals surface area (Å²) < 4.78 is 15.7. The molecule has 0 atom stereocenters. The molecule has 0 aliphatic carbocycles. The standard InChI is InChI=1S/C20H15Cl3O5/c1-10-13-6-16(23)18(27-9-11-3-4-12(21)5-15(11)22)8-17(13)28-20(25)14(10)7-19(24)26-2/h3-6,8H,7,9H2,1-2H3. The number of esters is 1. The van der Waals surface area contributed by atoms with Gasteiger partial charge in [-0.25, -0.2) is 4.79 Å². The van der Waals surface area contributed by atoms with Gasteiger partial charge >= 0.3 is 11.6 Å². The molecule has 0 amide bonds. The molecule has 0 aliphatic rings. The Bertz CT molecular complexity index is 1120. The second-order valence-corrected chi connectivity index (χ2v) is 7.30. The van der Waals surface area contributed by atoms with E-state index in [1.165, 1.54) is 13.2 Å². The quantitative estimate of drug-likeness (QED) is 0.394. The van der Waals surface area contributed by atoms with Crippen LogP contribution in [0.25, 0.3) is 11.0 Å². The van der Waals surface area contributed by atoms with Gasteiger partial charge in [0, 0.05) is 27.1 Å². The van der Waals surface area contributed by atoms with Gasteiger partial charge in [0.15, 0.2) is 0 Å². The van der Waals surface area contributed by atoms with Gasteiger partial charge in [0.25, 0.3) is 0 Å². The molecule has 1 heterocycles. The number of halogens is 3. The SMILES string of the molecule is COC(=O)Cc1c(C)c2cc(Cl)c(OCc3ccc(Cl)cc3Cl)cc2oc1=O. The molecule has 146 valence electrons. The molecule has 1 aromatic heterocycles. The van der Waals surface area contributed by atoms with Crippen LogP contribution in [0.2, 0.25) is 15.1 Å². The zero-order valence-electron chi connectivity index (χ0n) is 15.0. The lowest BCUT2D eigenvalue weighted by Gasteiger charge is -2.12. The molecular weight excluding hydrogens is 427 g/mol. The molecule has 0 N–H and O–H groups in total. The Morgan fingerprint density at radius 1 is 1.11 bits per heavy atom. The highest BCUT2D eigenvalue weighted by atomic mass is 35.5. The lowest BCUT2D eigenvalue weighted by molar-refractivity contribution is -0.139. The topological polar surface area (TPSA) is 65.7 Å². The Morgan fingerprint density at radius 3 is 2.54 bits per heavy atom. The summed E-state index contributed by atoms with van der Waals surface area (Å²) in [6.07, 6.45) is -0.175. The number of rotatable bonds is 5. The molecule has 5 nitrogen and oxygen atoms in total. The van der Waals surface area contributed by atoms with E-state index in [1.807, 2.05) is 0 Å². The first-order valence-electron chi connectivity index (χ1n) is 8.19. The summed E-state index contributed by atoms with van der Waals surface area (Å²) in [7, 11) is 1.26. The van der Waals surface area contributed by atoms with E-state index in [2.05, 4.69) is 4.74 Å². The Hall–Kier alpha value is -2.21. The highest BCUT2D eigenvalue weighted by Gasteiger charge is 2.17. The molecular formula is C20H15Cl3O5. The fourth-order valence-corrected chi connectivity index (χ4v) is 3.40. The first-order valence-corrected chi connectivity index (χ1v) is 9.33. The van der Waals surface area contributed by atoms with Crippen molar-refractivity contribution in [1.82, 2.24) is 0 Å². The second kappa shape index (κ2) is 8.43. The molecule has 0 unspecified atom stereocenters. The highest BCUT2D eigenvalue weighted by molar-refractivity contribution is 6.35. The number of hydrogen-bond acceptors (Lipinski definition) is 5. The Morgan fingerprint density at radius 2 is 1.86 bits per heavy atom. The van der Waals surface area contributed by atoms with Crippen molar-refractivity contribution < 1.29 is 18.7 Å². The molecule has 2 aromatic carbocycles. The largest absolute Gasteiger partial charge is 0.487 e. The van der Waals surface area contributed by atoms with E-state index >= 15 is 0 Å². The number of fused-ring (bicyclic) bond motifs is 1. The maximum absolute atomic E-state index is 12.3. The number of carbonyl (C=O) groups excluding carboxylic acids is 1. The third-order valence-electron chi connectivity index (χ3n) is 4.29. The lowest BCUT2D eigenvalue weighted by atomic mass is 10.0. The molecule has 0 radical (unpaired) electrons. The van der Waals surface area contributed by atoms with Crippen molar-refractivity contribution in [2.45, 2.75) is 20.0 Å². The van der Waals surface area contributed by atoms with Crippen LogP contribution in [0, 0.1) is 6.92 Å². The first-order chi connectivity index (χ1) is 13.3. The summed E-state index contributed by atoms with van der Waals surface area (Å²) in [5, 5.41) is 1.94. The highest BCUT2D eigenvalue weighted by Crippen LogP contribution is 2.33. The molecule has 0 aliphatic heterocycles. The van der Waals surface area contributed by atoms with Gasteiger partial charge in [0.2, 0.25) is 0 Å². The third kappa shape index (κ3) is 4.27. The van der Waals surface area contributed by atoms with Crippen molar-refractivity contribution in [2.24, 2.45) is 0 Å². The molecule has 28 heavy (non-hydrogen) atoms. The van der Waals surface area contributed by atoms with Crippen molar-refractivity contribution in [3.05, 3.63) is 72.5 Å². The average Bonchev–Trinajstić information content (AvgIpc) is 2.65. The van der Waals surface area contributed by atoms with Crippen molar-refractivity contribution in [3.8, 4) is 5.75 Å². The summed E-state index contributed by atoms with van der Waals surface area (Å²) in [5.74, 6) is -0.191. The summed E-state index contributed by atoms with van der Waals surface area (Å²) in [6.45, 7) is 1.88. The minimum atomic E-state index is -0.607. The molecule has 3 rings (SSSR count). The van der Waals surface area contributed by atoms with Crippen LogP contribution in [-0.4, -0.2) is 13.1 Å². The molecule has 0 saturated heterocycles. The number of aryl methyl sites for hydroxylation is 1. The first kappa shape index (κ1) is 20.5. The minimum Gasteiger partial charge on any atom is -0.487 e. The number of methoxy groups -OCH3 is 1. The molecule has 3 aromatic rings. The van der Waals surface area contributed by atoms with E-state index < -0.39 is 11.6 Å². The van der Waals surface area contributed by atoms with Gasteiger partial charge in [-0.1, -0.05) is 40.9 Å². The average molecular weight is 442 g/mol. The smallest absolute Gasteiger partial charge is 0.340 e. The van der Waals surface area contributed by atoms with Crippen molar-refractivity contribution >= 4 is 51.7 Å². The van der Waals surface area contributed by atoms with Crippen LogP contribution in [0.3, 0.4) is 0 Å². The Kier molecular flexibility index (Phi) is 6.18. The summed E-state index contributed by atoms with van der Waals surface area (Å²) in [5.41, 5.74) is 1.26. The van der Waals surface area contributed by atoms with Crippen LogP contribution < -0.4 is 10.4 Å². The van der Waals surface area contributed by atoms with Gasteiger partial charge in [-0.15, -0.1) is 0 Å². The van der Waals surface area contributed by atoms with Crippen molar-refractivity contribution in [2.75, 3.05) is 7.11 Å². The predicted octanol–water partition coefficient (Wildman–Crippen LogP) is 5.36. The van der Waals surface area contributed by atoms with E-state index in [0.717, 1.165) is 5.56 Å². The number of benzene rings is 2. The van der Waals surface area contributed by atoms with Gasteiger partial charge in [0.05, 0.1) is 24.1 Å². The molecule has 0 fully saturated rings. The van der Waals surface area contributed by atoms with Crippen molar-refractivity contribution in [1.29, 1.82) is 0 Å². The number of carbonyl (C=O) groups is 1. The van der Waals surface area contributed by atoms with E-state index in [4.69, 9.17) is 44.0 Å². The van der Waals surface area contributed by atoms with Gasteiger partial charge in [-0.3, -0.25) is 4.79 Å². The Labute approximate surface area is 175 Å². The minimum absolute atomic E-state index is 0.158. The second-order valence-electron chi connectivity index (χ2n) is 6.05. The zero-order chi connectivity index (χ0) is 20.4. The molecule has 0 spiro atoms. The summed E-state index contributed by atoms with van der Waals surface area (Å²) >= 11 is 18.4. The van der Waals surface area contributed by atoms with Crippen LogP contribution >= 0.6 is 34.8 Å². The van der Waals surface area contributed by atoms with Gasteiger partial charge in [0.1, 0.15) is 17.9 Å². The normalized spacial score (nSPS) is 10.9. The third-order valence-corrected chi connectivity index (χ3v) is 5.17. The predicted molar refractivity (Wildman–Crippen MR) is 109 cm³/mol. The monoisotopic (exact) mass is 440 g/mol. The zero-order valence-corrected chi connectivity index (χ0v) is 17.2. The van der Waals surface area contributed by atoms with E-state index in [-0.39, 0.29) is 18.6 Å². The van der Waals surface area contributed by atoms with E-state index in [0.29, 0.717) is 37.4 Å². The fourth-order valence-electron chi connectivity index (χ4n) is 2.72. The van der Waals surface area contributed by atoms with Crippen LogP contribution in [0.1, 0.15) is 16.7 Å². The fraction of sp³-hybridized carbons (Fsp3) is 0.200.